The second kappa shape index (κ2) is 5.84. The molecule has 0 amide bonds. The fourth-order valence-corrected chi connectivity index (χ4v) is 1.40. The first-order chi connectivity index (χ1) is 6.33. The molecule has 0 bridgehead atoms. The van der Waals surface area contributed by atoms with Crippen LogP contribution in [0.2, 0.25) is 0 Å². The van der Waals surface area contributed by atoms with E-state index in [4.69, 9.17) is 4.18 Å². The van der Waals surface area contributed by atoms with Crippen molar-refractivity contribution in [1.82, 2.24) is 0 Å². The number of rotatable bonds is 4. The lowest BCUT2D eigenvalue weighted by Crippen LogP contribution is -1.87. The van der Waals surface area contributed by atoms with Crippen molar-refractivity contribution in [2.24, 2.45) is 0 Å². The summed E-state index contributed by atoms with van der Waals surface area (Å²) >= 11 is 1.42. The summed E-state index contributed by atoms with van der Waals surface area (Å²) in [4.78, 5) is 1.14. The highest BCUT2D eigenvalue weighted by atomic mass is 32.2. The Hall–Kier alpha value is -0.730. The van der Waals surface area contributed by atoms with E-state index in [0.717, 1.165) is 4.90 Å². The molecule has 0 N–H and O–H groups in total. The predicted molar refractivity (Wildman–Crippen MR) is 57.7 cm³/mol. The summed E-state index contributed by atoms with van der Waals surface area (Å²) < 4.78 is 5.42. The minimum atomic E-state index is 0.691. The zero-order valence-electron chi connectivity index (χ0n) is 7.99. The fourth-order valence-electron chi connectivity index (χ4n) is 0.750. The molecule has 0 spiro atoms. The van der Waals surface area contributed by atoms with Crippen LogP contribution >= 0.6 is 12.0 Å². The number of hydrogen-bond donors (Lipinski definition) is 0. The topological polar surface area (TPSA) is 9.23 Å². The molecule has 1 aromatic carbocycles. The van der Waals surface area contributed by atoms with Gasteiger partial charge in [-0.1, -0.05) is 29.8 Å². The molecule has 13 heavy (non-hydrogen) atoms. The van der Waals surface area contributed by atoms with Crippen molar-refractivity contribution in [1.29, 1.82) is 0 Å². The van der Waals surface area contributed by atoms with Crippen LogP contribution in [0.4, 0.5) is 0 Å². The van der Waals surface area contributed by atoms with E-state index >= 15 is 0 Å². The smallest absolute Gasteiger partial charge is 0.0826 e. The molecule has 0 aliphatic heterocycles. The maximum Gasteiger partial charge on any atom is 0.0826 e. The van der Waals surface area contributed by atoms with Gasteiger partial charge in [-0.3, -0.25) is 0 Å². The first-order valence-corrected chi connectivity index (χ1v) is 5.03. The largest absolute Gasteiger partial charge is 0.306 e. The molecular formula is C11H14OS. The van der Waals surface area contributed by atoms with Crippen molar-refractivity contribution in [3.05, 3.63) is 42.0 Å². The molecule has 0 atom stereocenters. The Bertz CT molecular complexity index is 267. The zero-order chi connectivity index (χ0) is 9.52. The van der Waals surface area contributed by atoms with E-state index in [0.29, 0.717) is 6.61 Å². The second-order valence-corrected chi connectivity index (χ2v) is 3.67. The lowest BCUT2D eigenvalue weighted by atomic mass is 10.3. The molecule has 0 radical (unpaired) electrons. The van der Waals surface area contributed by atoms with E-state index in [1.165, 1.54) is 17.6 Å². The first kappa shape index (κ1) is 10.4. The van der Waals surface area contributed by atoms with Crippen LogP contribution in [-0.2, 0) is 4.18 Å². The molecule has 0 unspecified atom stereocenters. The third kappa shape index (κ3) is 4.15. The maximum absolute atomic E-state index is 5.42. The van der Waals surface area contributed by atoms with Crippen molar-refractivity contribution in [2.75, 3.05) is 6.61 Å². The van der Waals surface area contributed by atoms with Crippen LogP contribution in [0.1, 0.15) is 13.8 Å². The van der Waals surface area contributed by atoms with Gasteiger partial charge in [0.1, 0.15) is 0 Å². The number of allylic oxidation sites excluding steroid dienone is 1. The van der Waals surface area contributed by atoms with Crippen LogP contribution in [0, 0.1) is 0 Å². The summed E-state index contributed by atoms with van der Waals surface area (Å²) in [6, 6.07) is 10.1. The van der Waals surface area contributed by atoms with Crippen LogP contribution in [0.5, 0.6) is 0 Å². The van der Waals surface area contributed by atoms with Crippen LogP contribution in [-0.4, -0.2) is 6.61 Å². The van der Waals surface area contributed by atoms with Crippen molar-refractivity contribution >= 4 is 12.0 Å². The third-order valence-corrected chi connectivity index (χ3v) is 2.38. The van der Waals surface area contributed by atoms with Gasteiger partial charge in [0.05, 0.1) is 6.61 Å². The summed E-state index contributed by atoms with van der Waals surface area (Å²) in [6.45, 7) is 4.77. The van der Waals surface area contributed by atoms with Crippen LogP contribution < -0.4 is 0 Å². The lowest BCUT2D eigenvalue weighted by Gasteiger charge is -2.01. The minimum Gasteiger partial charge on any atom is -0.306 e. The van der Waals surface area contributed by atoms with Crippen molar-refractivity contribution < 1.29 is 4.18 Å². The SMILES string of the molecule is C/C=C(\C)COSc1ccccc1. The van der Waals surface area contributed by atoms with Crippen LogP contribution in [0.3, 0.4) is 0 Å². The van der Waals surface area contributed by atoms with Crippen LogP contribution in [0.25, 0.3) is 0 Å². The minimum absolute atomic E-state index is 0.691. The average Bonchev–Trinajstić information content (AvgIpc) is 2.19. The van der Waals surface area contributed by atoms with Crippen LogP contribution in [0.15, 0.2) is 46.9 Å². The lowest BCUT2D eigenvalue weighted by molar-refractivity contribution is 0.415. The molecular weight excluding hydrogens is 180 g/mol. The molecule has 0 aliphatic carbocycles. The predicted octanol–water partition coefficient (Wildman–Crippen LogP) is 3.68. The molecule has 0 saturated carbocycles. The van der Waals surface area contributed by atoms with E-state index in [-0.39, 0.29) is 0 Å². The summed E-state index contributed by atoms with van der Waals surface area (Å²) in [6.07, 6.45) is 2.06. The molecule has 1 rings (SSSR count). The van der Waals surface area contributed by atoms with Gasteiger partial charge in [-0.2, -0.15) is 0 Å². The third-order valence-electron chi connectivity index (χ3n) is 1.68. The summed E-state index contributed by atoms with van der Waals surface area (Å²) in [5.74, 6) is 0. The van der Waals surface area contributed by atoms with Gasteiger partial charge in [-0.25, -0.2) is 0 Å². The van der Waals surface area contributed by atoms with E-state index in [2.05, 4.69) is 13.0 Å². The Morgan fingerprint density at radius 3 is 2.69 bits per heavy atom. The molecule has 1 aromatic rings. The quantitative estimate of drug-likeness (QED) is 0.534. The van der Waals surface area contributed by atoms with Gasteiger partial charge in [0.2, 0.25) is 0 Å². The van der Waals surface area contributed by atoms with Crippen molar-refractivity contribution in [3.8, 4) is 0 Å². The van der Waals surface area contributed by atoms with Gasteiger partial charge in [0, 0.05) is 16.9 Å². The number of hydrogen-bond acceptors (Lipinski definition) is 2. The standard InChI is InChI=1S/C11H14OS/c1-3-10(2)9-12-13-11-7-5-4-6-8-11/h3-8H,9H2,1-2H3/b10-3+. The summed E-state index contributed by atoms with van der Waals surface area (Å²) in [5, 5.41) is 0. The van der Waals surface area contributed by atoms with Gasteiger partial charge in [-0.15, -0.1) is 0 Å². The Morgan fingerprint density at radius 1 is 1.38 bits per heavy atom. The second-order valence-electron chi connectivity index (χ2n) is 2.79. The summed E-state index contributed by atoms with van der Waals surface area (Å²) in [7, 11) is 0. The van der Waals surface area contributed by atoms with E-state index in [9.17, 15) is 0 Å². The molecule has 0 heterocycles. The van der Waals surface area contributed by atoms with Gasteiger partial charge in [0.15, 0.2) is 0 Å². The molecule has 0 fully saturated rings. The molecule has 0 aliphatic rings. The zero-order valence-corrected chi connectivity index (χ0v) is 8.80. The highest BCUT2D eigenvalue weighted by Gasteiger charge is 1.93. The fraction of sp³-hybridized carbons (Fsp3) is 0.273. The van der Waals surface area contributed by atoms with Crippen molar-refractivity contribution in [2.45, 2.75) is 18.7 Å². The molecule has 2 heteroatoms. The maximum atomic E-state index is 5.42. The average molecular weight is 194 g/mol. The number of benzene rings is 1. The monoisotopic (exact) mass is 194 g/mol. The molecule has 0 aromatic heterocycles. The normalized spacial score (nSPS) is 11.7. The van der Waals surface area contributed by atoms with E-state index < -0.39 is 0 Å². The molecule has 0 saturated heterocycles. The Balaban J connectivity index is 2.28. The van der Waals surface area contributed by atoms with Gasteiger partial charge >= 0.3 is 0 Å². The van der Waals surface area contributed by atoms with Crippen molar-refractivity contribution in [3.63, 3.8) is 0 Å². The molecule has 1 nitrogen and oxygen atoms in total. The van der Waals surface area contributed by atoms with E-state index in [1.54, 1.807) is 0 Å². The molecule has 70 valence electrons. The summed E-state index contributed by atoms with van der Waals surface area (Å²) in [5.41, 5.74) is 1.25. The van der Waals surface area contributed by atoms with E-state index in [1.807, 2.05) is 37.3 Å². The Labute approximate surface area is 84.0 Å². The Kier molecular flexibility index (Phi) is 4.65. The first-order valence-electron chi connectivity index (χ1n) is 4.29. The van der Waals surface area contributed by atoms with Gasteiger partial charge in [-0.05, 0) is 26.0 Å². The van der Waals surface area contributed by atoms with Gasteiger partial charge in [0.25, 0.3) is 0 Å². The highest BCUT2D eigenvalue weighted by Crippen LogP contribution is 2.18. The highest BCUT2D eigenvalue weighted by molar-refractivity contribution is 7.94. The van der Waals surface area contributed by atoms with Gasteiger partial charge < -0.3 is 4.18 Å². The Morgan fingerprint density at radius 2 is 2.08 bits per heavy atom.